The van der Waals surface area contributed by atoms with Crippen LogP contribution in [0.2, 0.25) is 0 Å². The van der Waals surface area contributed by atoms with Crippen LogP contribution in [0.5, 0.6) is 0 Å². The molecule has 5 nitrogen and oxygen atoms in total. The first kappa shape index (κ1) is 18.5. The first-order chi connectivity index (χ1) is 13.1. The van der Waals surface area contributed by atoms with E-state index in [1.54, 1.807) is 0 Å². The summed E-state index contributed by atoms with van der Waals surface area (Å²) in [6.45, 7) is 7.70. The second-order valence-corrected chi connectivity index (χ2v) is 8.43. The number of likely N-dealkylation sites (tertiary alicyclic amines) is 3. The number of hydrogen-bond acceptors (Lipinski definition) is 3. The third-order valence-electron chi connectivity index (χ3n) is 6.87. The van der Waals surface area contributed by atoms with Gasteiger partial charge in [-0.1, -0.05) is 18.2 Å². The molecule has 4 rings (SSSR count). The minimum absolute atomic E-state index is 0.0146. The zero-order valence-corrected chi connectivity index (χ0v) is 16.5. The molecule has 1 aromatic rings. The Labute approximate surface area is 162 Å². The van der Waals surface area contributed by atoms with Crippen LogP contribution in [0.4, 0.5) is 0 Å². The number of amides is 2. The van der Waals surface area contributed by atoms with E-state index in [0.29, 0.717) is 12.3 Å². The van der Waals surface area contributed by atoms with Crippen molar-refractivity contribution in [2.24, 2.45) is 0 Å². The highest BCUT2D eigenvalue weighted by Crippen LogP contribution is 2.39. The largest absolute Gasteiger partial charge is 0.338 e. The number of rotatable bonds is 4. The summed E-state index contributed by atoms with van der Waals surface area (Å²) >= 11 is 0. The molecule has 0 aliphatic carbocycles. The minimum Gasteiger partial charge on any atom is -0.338 e. The molecule has 2 amide bonds. The standard InChI is InChI=1S/C22H31N3O2/c1-18-6-2-3-7-19(18)21(27)24-14-10-22(11-15-24)9-8-20(26)25(22)17-16-23-12-4-5-13-23/h2-3,6-7H,4-5,8-17H2,1H3. The van der Waals surface area contributed by atoms with E-state index in [9.17, 15) is 9.59 Å². The maximum absolute atomic E-state index is 12.9. The molecule has 3 saturated heterocycles. The Morgan fingerprint density at radius 1 is 1.00 bits per heavy atom. The second-order valence-electron chi connectivity index (χ2n) is 8.43. The molecule has 3 heterocycles. The van der Waals surface area contributed by atoms with Crippen LogP contribution in [-0.2, 0) is 4.79 Å². The van der Waals surface area contributed by atoms with Crippen molar-refractivity contribution in [2.75, 3.05) is 39.3 Å². The molecular weight excluding hydrogens is 338 g/mol. The highest BCUT2D eigenvalue weighted by molar-refractivity contribution is 5.95. The first-order valence-electron chi connectivity index (χ1n) is 10.5. The summed E-state index contributed by atoms with van der Waals surface area (Å²) in [5.41, 5.74) is 1.83. The van der Waals surface area contributed by atoms with Gasteiger partial charge in [0.05, 0.1) is 0 Å². The molecule has 27 heavy (non-hydrogen) atoms. The Morgan fingerprint density at radius 2 is 1.70 bits per heavy atom. The van der Waals surface area contributed by atoms with Crippen LogP contribution >= 0.6 is 0 Å². The van der Waals surface area contributed by atoms with Crippen LogP contribution in [0, 0.1) is 6.92 Å². The predicted molar refractivity (Wildman–Crippen MR) is 106 cm³/mol. The molecule has 0 atom stereocenters. The fourth-order valence-corrected chi connectivity index (χ4v) is 5.11. The van der Waals surface area contributed by atoms with Gasteiger partial charge >= 0.3 is 0 Å². The lowest BCUT2D eigenvalue weighted by atomic mass is 9.84. The topological polar surface area (TPSA) is 43.9 Å². The lowest BCUT2D eigenvalue weighted by Crippen LogP contribution is -2.55. The van der Waals surface area contributed by atoms with Crippen molar-refractivity contribution in [3.63, 3.8) is 0 Å². The Bertz CT molecular complexity index is 703. The quantitative estimate of drug-likeness (QED) is 0.820. The summed E-state index contributed by atoms with van der Waals surface area (Å²) in [6, 6.07) is 7.82. The molecule has 0 radical (unpaired) electrons. The molecule has 3 aliphatic heterocycles. The van der Waals surface area contributed by atoms with E-state index in [1.165, 1.54) is 25.9 Å². The Balaban J connectivity index is 1.39. The van der Waals surface area contributed by atoms with Crippen molar-refractivity contribution in [1.82, 2.24) is 14.7 Å². The van der Waals surface area contributed by atoms with Crippen molar-refractivity contribution in [3.8, 4) is 0 Å². The van der Waals surface area contributed by atoms with E-state index in [2.05, 4.69) is 9.80 Å². The zero-order chi connectivity index (χ0) is 18.9. The number of aryl methyl sites for hydroxylation is 1. The predicted octanol–water partition coefficient (Wildman–Crippen LogP) is 2.69. The zero-order valence-electron chi connectivity index (χ0n) is 16.5. The summed E-state index contributed by atoms with van der Waals surface area (Å²) in [4.78, 5) is 32.1. The van der Waals surface area contributed by atoms with Crippen molar-refractivity contribution in [3.05, 3.63) is 35.4 Å². The van der Waals surface area contributed by atoms with Gasteiger partial charge in [0, 0.05) is 43.7 Å². The van der Waals surface area contributed by atoms with Gasteiger partial charge in [-0.15, -0.1) is 0 Å². The number of piperidine rings is 1. The van der Waals surface area contributed by atoms with Crippen molar-refractivity contribution in [2.45, 2.75) is 51.0 Å². The number of carbonyl (C=O) groups is 2. The van der Waals surface area contributed by atoms with Crippen molar-refractivity contribution < 1.29 is 9.59 Å². The average molecular weight is 370 g/mol. The molecule has 0 saturated carbocycles. The second kappa shape index (κ2) is 7.63. The molecule has 1 spiro atoms. The molecule has 5 heteroatoms. The fourth-order valence-electron chi connectivity index (χ4n) is 5.11. The number of hydrogen-bond donors (Lipinski definition) is 0. The molecule has 0 N–H and O–H groups in total. The first-order valence-corrected chi connectivity index (χ1v) is 10.5. The van der Waals surface area contributed by atoms with Gasteiger partial charge in [-0.3, -0.25) is 9.59 Å². The van der Waals surface area contributed by atoms with Gasteiger partial charge in [0.25, 0.3) is 5.91 Å². The SMILES string of the molecule is Cc1ccccc1C(=O)N1CCC2(CCC(=O)N2CCN2CCCC2)CC1. The minimum atomic E-state index is -0.0146. The summed E-state index contributed by atoms with van der Waals surface area (Å²) in [5.74, 6) is 0.448. The van der Waals surface area contributed by atoms with E-state index in [4.69, 9.17) is 0 Å². The smallest absolute Gasteiger partial charge is 0.254 e. The van der Waals surface area contributed by atoms with E-state index in [0.717, 1.165) is 56.6 Å². The molecule has 1 aromatic carbocycles. The lowest BCUT2D eigenvalue weighted by molar-refractivity contribution is -0.132. The van der Waals surface area contributed by atoms with Crippen LogP contribution in [0.15, 0.2) is 24.3 Å². The molecule has 0 aromatic heterocycles. The Kier molecular flexibility index (Phi) is 5.22. The van der Waals surface area contributed by atoms with E-state index in [-0.39, 0.29) is 11.4 Å². The lowest BCUT2D eigenvalue weighted by Gasteiger charge is -2.45. The molecule has 146 valence electrons. The maximum Gasteiger partial charge on any atom is 0.254 e. The monoisotopic (exact) mass is 369 g/mol. The van der Waals surface area contributed by atoms with Crippen LogP contribution in [0.1, 0.15) is 54.4 Å². The number of benzene rings is 1. The van der Waals surface area contributed by atoms with Gasteiger partial charge in [0.15, 0.2) is 0 Å². The van der Waals surface area contributed by atoms with Gasteiger partial charge in [-0.05, 0) is 63.7 Å². The van der Waals surface area contributed by atoms with E-state index < -0.39 is 0 Å². The molecule has 0 bridgehead atoms. The normalized spacial score (nSPS) is 22.8. The van der Waals surface area contributed by atoms with Gasteiger partial charge in [-0.25, -0.2) is 0 Å². The van der Waals surface area contributed by atoms with Gasteiger partial charge in [-0.2, -0.15) is 0 Å². The molecule has 3 fully saturated rings. The fraction of sp³-hybridized carbons (Fsp3) is 0.636. The average Bonchev–Trinajstić information content (AvgIpc) is 3.30. The van der Waals surface area contributed by atoms with Crippen LogP contribution in [0.25, 0.3) is 0 Å². The van der Waals surface area contributed by atoms with Crippen molar-refractivity contribution in [1.29, 1.82) is 0 Å². The molecular formula is C22H31N3O2. The summed E-state index contributed by atoms with van der Waals surface area (Å²) in [6.07, 6.45) is 6.03. The third kappa shape index (κ3) is 3.62. The van der Waals surface area contributed by atoms with Crippen LogP contribution < -0.4 is 0 Å². The number of nitrogens with zero attached hydrogens (tertiary/aromatic N) is 3. The van der Waals surface area contributed by atoms with Crippen molar-refractivity contribution >= 4 is 11.8 Å². The van der Waals surface area contributed by atoms with Crippen LogP contribution in [0.3, 0.4) is 0 Å². The maximum atomic E-state index is 12.9. The highest BCUT2D eigenvalue weighted by atomic mass is 16.2. The van der Waals surface area contributed by atoms with E-state index >= 15 is 0 Å². The van der Waals surface area contributed by atoms with Crippen LogP contribution in [-0.4, -0.2) is 71.3 Å². The van der Waals surface area contributed by atoms with E-state index in [1.807, 2.05) is 36.1 Å². The van der Waals surface area contributed by atoms with Gasteiger partial charge < -0.3 is 14.7 Å². The summed E-state index contributed by atoms with van der Waals surface area (Å²) < 4.78 is 0. The summed E-state index contributed by atoms with van der Waals surface area (Å²) in [5, 5.41) is 0. The molecule has 0 unspecified atom stereocenters. The Hall–Kier alpha value is -1.88. The van der Waals surface area contributed by atoms with Gasteiger partial charge in [0.1, 0.15) is 0 Å². The highest BCUT2D eigenvalue weighted by Gasteiger charge is 2.47. The summed E-state index contributed by atoms with van der Waals surface area (Å²) in [7, 11) is 0. The third-order valence-corrected chi connectivity index (χ3v) is 6.87. The molecule has 3 aliphatic rings. The Morgan fingerprint density at radius 3 is 2.41 bits per heavy atom. The van der Waals surface area contributed by atoms with Gasteiger partial charge in [0.2, 0.25) is 5.91 Å². The number of carbonyl (C=O) groups excluding carboxylic acids is 2.